The minimum Gasteiger partial charge on any atom is -0.345 e. The van der Waals surface area contributed by atoms with Crippen molar-refractivity contribution in [3.63, 3.8) is 0 Å². The van der Waals surface area contributed by atoms with Crippen LogP contribution in [0.3, 0.4) is 0 Å². The summed E-state index contributed by atoms with van der Waals surface area (Å²) >= 11 is 0. The molecule has 2 rings (SSSR count). The van der Waals surface area contributed by atoms with Gasteiger partial charge in [0.15, 0.2) is 0 Å². The molecule has 1 amide bonds. The van der Waals surface area contributed by atoms with E-state index >= 15 is 0 Å². The van der Waals surface area contributed by atoms with Gasteiger partial charge in [-0.2, -0.15) is 5.26 Å². The zero-order valence-corrected chi connectivity index (χ0v) is 14.6. The molecule has 3 heteroatoms. The van der Waals surface area contributed by atoms with Crippen LogP contribution in [0.15, 0.2) is 48.0 Å². The van der Waals surface area contributed by atoms with Crippen LogP contribution in [0.1, 0.15) is 40.8 Å². The van der Waals surface area contributed by atoms with Crippen LogP contribution in [-0.4, -0.2) is 5.91 Å². The summed E-state index contributed by atoms with van der Waals surface area (Å²) in [6, 6.07) is 15.7. The van der Waals surface area contributed by atoms with Crippen LogP contribution in [0.5, 0.6) is 0 Å². The van der Waals surface area contributed by atoms with Gasteiger partial charge < -0.3 is 5.32 Å². The number of hydrogen-bond donors (Lipinski definition) is 1. The number of nitriles is 1. The highest BCUT2D eigenvalue weighted by molar-refractivity contribution is 6.02. The summed E-state index contributed by atoms with van der Waals surface area (Å²) in [5, 5.41) is 12.3. The summed E-state index contributed by atoms with van der Waals surface area (Å²) in [7, 11) is 0. The van der Waals surface area contributed by atoms with E-state index in [2.05, 4.69) is 17.4 Å². The Morgan fingerprint density at radius 3 is 2.25 bits per heavy atom. The second kappa shape index (κ2) is 7.61. The molecule has 0 spiro atoms. The molecule has 0 aliphatic heterocycles. The van der Waals surface area contributed by atoms with Gasteiger partial charge in [-0.25, -0.2) is 0 Å². The summed E-state index contributed by atoms with van der Waals surface area (Å²) in [4.78, 5) is 12.5. The third kappa shape index (κ3) is 4.11. The summed E-state index contributed by atoms with van der Waals surface area (Å²) in [5.74, 6) is -0.353. The van der Waals surface area contributed by atoms with Crippen molar-refractivity contribution in [2.45, 2.75) is 33.7 Å². The molecule has 0 aliphatic carbocycles. The van der Waals surface area contributed by atoms with E-state index in [1.807, 2.05) is 64.1 Å². The van der Waals surface area contributed by atoms with Crippen LogP contribution in [0, 0.1) is 32.1 Å². The molecule has 0 aromatic heterocycles. The normalized spacial score (nSPS) is 12.4. The second-order valence-electron chi connectivity index (χ2n) is 6.09. The third-order valence-electron chi connectivity index (χ3n) is 4.04. The van der Waals surface area contributed by atoms with E-state index in [4.69, 9.17) is 0 Å². The molecular weight excluding hydrogens is 296 g/mol. The van der Waals surface area contributed by atoms with Crippen molar-refractivity contribution < 1.29 is 4.79 Å². The number of hydrogen-bond acceptors (Lipinski definition) is 2. The van der Waals surface area contributed by atoms with Gasteiger partial charge in [0.05, 0.1) is 6.04 Å². The predicted octanol–water partition coefficient (Wildman–Crippen LogP) is 4.40. The monoisotopic (exact) mass is 318 g/mol. The minimum absolute atomic E-state index is 0.118. The van der Waals surface area contributed by atoms with Gasteiger partial charge in [0.25, 0.3) is 5.91 Å². The maximum atomic E-state index is 12.5. The highest BCUT2D eigenvalue weighted by Crippen LogP contribution is 2.20. The quantitative estimate of drug-likeness (QED) is 0.671. The Hall–Kier alpha value is -2.86. The first-order valence-electron chi connectivity index (χ1n) is 7.98. The van der Waals surface area contributed by atoms with E-state index in [1.165, 1.54) is 5.56 Å². The Bertz CT molecular complexity index is 790. The van der Waals surface area contributed by atoms with Crippen molar-refractivity contribution in [1.82, 2.24) is 5.32 Å². The Morgan fingerprint density at radius 1 is 1.12 bits per heavy atom. The molecule has 0 aliphatic rings. The molecule has 0 heterocycles. The van der Waals surface area contributed by atoms with Crippen molar-refractivity contribution in [2.24, 2.45) is 0 Å². The predicted molar refractivity (Wildman–Crippen MR) is 97.2 cm³/mol. The molecule has 2 aromatic rings. The van der Waals surface area contributed by atoms with Crippen LogP contribution >= 0.6 is 0 Å². The lowest BCUT2D eigenvalue weighted by Gasteiger charge is -2.14. The SMILES string of the molecule is Cc1cc(C)c(/C=C(/C#N)C(=O)N[C@@H](C)c2ccccc2)c(C)c1. The number of benzene rings is 2. The average Bonchev–Trinajstić information content (AvgIpc) is 2.54. The fraction of sp³-hybridized carbons (Fsp3) is 0.238. The molecule has 1 N–H and O–H groups in total. The summed E-state index contributed by atoms with van der Waals surface area (Å²) in [5.41, 5.74) is 5.34. The van der Waals surface area contributed by atoms with E-state index in [0.29, 0.717) is 0 Å². The molecule has 2 aromatic carbocycles. The van der Waals surface area contributed by atoms with Crippen LogP contribution in [-0.2, 0) is 4.79 Å². The Labute approximate surface area is 143 Å². The van der Waals surface area contributed by atoms with Gasteiger partial charge in [-0.3, -0.25) is 4.79 Å². The van der Waals surface area contributed by atoms with E-state index in [9.17, 15) is 10.1 Å². The number of rotatable bonds is 4. The lowest BCUT2D eigenvalue weighted by molar-refractivity contribution is -0.117. The fourth-order valence-electron chi connectivity index (χ4n) is 2.81. The van der Waals surface area contributed by atoms with Crippen molar-refractivity contribution >= 4 is 12.0 Å². The fourth-order valence-corrected chi connectivity index (χ4v) is 2.81. The molecule has 0 saturated heterocycles. The van der Waals surface area contributed by atoms with Gasteiger partial charge in [0.2, 0.25) is 0 Å². The van der Waals surface area contributed by atoms with Crippen LogP contribution in [0.25, 0.3) is 6.08 Å². The van der Waals surface area contributed by atoms with E-state index < -0.39 is 0 Å². The summed E-state index contributed by atoms with van der Waals surface area (Å²) < 4.78 is 0. The number of aryl methyl sites for hydroxylation is 3. The van der Waals surface area contributed by atoms with Gasteiger partial charge in [-0.15, -0.1) is 0 Å². The lowest BCUT2D eigenvalue weighted by Crippen LogP contribution is -2.27. The summed E-state index contributed by atoms with van der Waals surface area (Å²) in [6.45, 7) is 7.92. The Kier molecular flexibility index (Phi) is 5.55. The zero-order valence-electron chi connectivity index (χ0n) is 14.6. The van der Waals surface area contributed by atoms with E-state index in [0.717, 1.165) is 22.3 Å². The maximum absolute atomic E-state index is 12.5. The number of carbonyl (C=O) groups excluding carboxylic acids is 1. The van der Waals surface area contributed by atoms with Gasteiger partial charge in [0.1, 0.15) is 11.6 Å². The van der Waals surface area contributed by atoms with E-state index in [-0.39, 0.29) is 17.5 Å². The molecule has 122 valence electrons. The zero-order chi connectivity index (χ0) is 17.7. The van der Waals surface area contributed by atoms with Crippen LogP contribution in [0.2, 0.25) is 0 Å². The number of nitrogens with zero attached hydrogens (tertiary/aromatic N) is 1. The molecular formula is C21H22N2O. The minimum atomic E-state index is -0.353. The highest BCUT2D eigenvalue weighted by atomic mass is 16.1. The summed E-state index contributed by atoms with van der Waals surface area (Å²) in [6.07, 6.45) is 1.68. The van der Waals surface area contributed by atoms with Crippen molar-refractivity contribution in [2.75, 3.05) is 0 Å². The largest absolute Gasteiger partial charge is 0.345 e. The van der Waals surface area contributed by atoms with Gasteiger partial charge in [0, 0.05) is 0 Å². The van der Waals surface area contributed by atoms with Gasteiger partial charge >= 0.3 is 0 Å². The molecule has 0 unspecified atom stereocenters. The third-order valence-corrected chi connectivity index (χ3v) is 4.04. The molecule has 1 atom stereocenters. The van der Waals surface area contributed by atoms with Gasteiger partial charge in [-0.05, 0) is 56.0 Å². The molecule has 0 radical (unpaired) electrons. The molecule has 24 heavy (non-hydrogen) atoms. The molecule has 3 nitrogen and oxygen atoms in total. The van der Waals surface area contributed by atoms with Crippen LogP contribution in [0.4, 0.5) is 0 Å². The molecule has 0 fully saturated rings. The van der Waals surface area contributed by atoms with Crippen LogP contribution < -0.4 is 5.32 Å². The Balaban J connectivity index is 2.25. The van der Waals surface area contributed by atoms with Crippen molar-refractivity contribution in [3.05, 3.63) is 75.9 Å². The standard InChI is InChI=1S/C21H22N2O/c1-14-10-15(2)20(16(3)11-14)12-19(13-22)21(24)23-17(4)18-8-6-5-7-9-18/h5-12,17H,1-4H3,(H,23,24)/b19-12-/t17-/m0/s1. The Morgan fingerprint density at radius 2 is 1.71 bits per heavy atom. The van der Waals surface area contributed by atoms with Gasteiger partial charge in [-0.1, -0.05) is 48.0 Å². The van der Waals surface area contributed by atoms with E-state index in [1.54, 1.807) is 6.08 Å². The van der Waals surface area contributed by atoms with Crippen molar-refractivity contribution in [3.8, 4) is 6.07 Å². The number of nitrogens with one attached hydrogen (secondary N) is 1. The lowest BCUT2D eigenvalue weighted by atomic mass is 9.97. The molecule has 0 bridgehead atoms. The first-order chi connectivity index (χ1) is 11.4. The maximum Gasteiger partial charge on any atom is 0.262 e. The second-order valence-corrected chi connectivity index (χ2v) is 6.09. The first kappa shape index (κ1) is 17.5. The smallest absolute Gasteiger partial charge is 0.262 e. The average molecular weight is 318 g/mol. The topological polar surface area (TPSA) is 52.9 Å². The first-order valence-corrected chi connectivity index (χ1v) is 7.98. The van der Waals surface area contributed by atoms with Crippen molar-refractivity contribution in [1.29, 1.82) is 5.26 Å². The number of carbonyl (C=O) groups is 1. The number of amides is 1. The molecule has 0 saturated carbocycles. The highest BCUT2D eigenvalue weighted by Gasteiger charge is 2.14.